The second-order valence-corrected chi connectivity index (χ2v) is 5.94. The number of nitrogens with zero attached hydrogens (tertiary/aromatic N) is 3. The van der Waals surface area contributed by atoms with Gasteiger partial charge in [0.25, 0.3) is 0 Å². The van der Waals surface area contributed by atoms with Crippen LogP contribution in [0.25, 0.3) is 17.0 Å². The summed E-state index contributed by atoms with van der Waals surface area (Å²) in [4.78, 5) is 23.5. The van der Waals surface area contributed by atoms with Crippen LogP contribution in [0.4, 0.5) is 5.69 Å². The monoisotopic (exact) mass is 399 g/mol. The first kappa shape index (κ1) is 20.7. The summed E-state index contributed by atoms with van der Waals surface area (Å²) in [6, 6.07) is 11.7. The van der Waals surface area contributed by atoms with Gasteiger partial charge in [0.05, 0.1) is 16.9 Å². The molecule has 0 aliphatic heterocycles. The highest BCUT2D eigenvalue weighted by Crippen LogP contribution is 2.27. The molecular weight excluding hydrogens is 382 g/mol. The van der Waals surface area contributed by atoms with E-state index in [0.717, 1.165) is 22.3 Å². The van der Waals surface area contributed by atoms with E-state index < -0.39 is 11.9 Å². The van der Waals surface area contributed by atoms with Gasteiger partial charge in [-0.15, -0.1) is 0 Å². The highest BCUT2D eigenvalue weighted by atomic mass is 35.5. The van der Waals surface area contributed by atoms with Crippen LogP contribution in [0.2, 0.25) is 5.02 Å². The average molecular weight is 400 g/mol. The molecule has 2 N–H and O–H groups in total. The van der Waals surface area contributed by atoms with Crippen molar-refractivity contribution in [1.82, 2.24) is 9.66 Å². The van der Waals surface area contributed by atoms with Crippen molar-refractivity contribution in [3.8, 4) is 0 Å². The minimum atomic E-state index is -1.26. The molecule has 2 aromatic heterocycles. The number of carboxylic acid groups (broad SMARTS) is 2. The molecule has 0 atom stereocenters. The van der Waals surface area contributed by atoms with Gasteiger partial charge >= 0.3 is 11.9 Å². The molecule has 0 saturated heterocycles. The molecule has 3 aromatic rings. The zero-order chi connectivity index (χ0) is 20.7. The van der Waals surface area contributed by atoms with Crippen LogP contribution in [0.3, 0.4) is 0 Å². The number of hydrogen-bond donors (Lipinski definition) is 2. The molecule has 144 valence electrons. The SMILES string of the molecule is C=Cc1cccn1N(C)c1ccnc2cc(Cl)ccc12.O=C(O)/C=C\C(=O)O. The van der Waals surface area contributed by atoms with Gasteiger partial charge in [0.15, 0.2) is 0 Å². The lowest BCUT2D eigenvalue weighted by Gasteiger charge is -2.24. The minimum absolute atomic E-state index is 0.558. The van der Waals surface area contributed by atoms with Crippen molar-refractivity contribution < 1.29 is 19.8 Å². The van der Waals surface area contributed by atoms with E-state index in [1.165, 1.54) is 0 Å². The number of halogens is 1. The van der Waals surface area contributed by atoms with Gasteiger partial charge in [0.2, 0.25) is 0 Å². The van der Waals surface area contributed by atoms with Crippen LogP contribution in [0.15, 0.2) is 67.5 Å². The highest BCUT2D eigenvalue weighted by Gasteiger charge is 2.10. The predicted octanol–water partition coefficient (Wildman–Crippen LogP) is 3.94. The number of aliphatic carboxylic acids is 2. The average Bonchev–Trinajstić information content (AvgIpc) is 3.14. The third-order valence-electron chi connectivity index (χ3n) is 3.69. The van der Waals surface area contributed by atoms with E-state index in [9.17, 15) is 9.59 Å². The summed E-state index contributed by atoms with van der Waals surface area (Å²) in [6.45, 7) is 3.84. The van der Waals surface area contributed by atoms with Crippen molar-refractivity contribution in [2.24, 2.45) is 0 Å². The summed E-state index contributed by atoms with van der Waals surface area (Å²) < 4.78 is 2.04. The molecule has 0 aliphatic carbocycles. The summed E-state index contributed by atoms with van der Waals surface area (Å²) in [5.41, 5.74) is 2.98. The zero-order valence-electron chi connectivity index (χ0n) is 15.0. The van der Waals surface area contributed by atoms with Crippen LogP contribution < -0.4 is 5.01 Å². The normalized spacial score (nSPS) is 10.4. The van der Waals surface area contributed by atoms with Crippen LogP contribution in [0.1, 0.15) is 5.69 Å². The second kappa shape index (κ2) is 9.38. The van der Waals surface area contributed by atoms with E-state index in [1.54, 1.807) is 6.20 Å². The lowest BCUT2D eigenvalue weighted by molar-refractivity contribution is -0.134. The Morgan fingerprint density at radius 2 is 1.86 bits per heavy atom. The highest BCUT2D eigenvalue weighted by molar-refractivity contribution is 6.31. The molecule has 0 unspecified atom stereocenters. The Kier molecular flexibility index (Phi) is 6.95. The number of carboxylic acids is 2. The van der Waals surface area contributed by atoms with Crippen molar-refractivity contribution in [1.29, 1.82) is 0 Å². The van der Waals surface area contributed by atoms with Gasteiger partial charge in [-0.1, -0.05) is 18.2 Å². The Labute approximate surface area is 166 Å². The Morgan fingerprint density at radius 3 is 2.46 bits per heavy atom. The second-order valence-electron chi connectivity index (χ2n) is 5.51. The van der Waals surface area contributed by atoms with Gasteiger partial charge in [-0.3, -0.25) is 14.7 Å². The Morgan fingerprint density at radius 1 is 1.18 bits per heavy atom. The van der Waals surface area contributed by atoms with Crippen LogP contribution in [0.5, 0.6) is 0 Å². The molecule has 8 heteroatoms. The first-order chi connectivity index (χ1) is 13.3. The molecule has 0 aliphatic rings. The summed E-state index contributed by atoms with van der Waals surface area (Å²) in [5, 5.41) is 19.4. The number of pyridine rings is 1. The Hall–Kier alpha value is -3.58. The molecule has 28 heavy (non-hydrogen) atoms. The van der Waals surface area contributed by atoms with Crippen LogP contribution >= 0.6 is 11.6 Å². The van der Waals surface area contributed by atoms with Crippen molar-refractivity contribution in [2.75, 3.05) is 12.1 Å². The fourth-order valence-corrected chi connectivity index (χ4v) is 2.63. The fraction of sp³-hybridized carbons (Fsp3) is 0.0500. The number of carbonyl (C=O) groups is 2. The summed E-state index contributed by atoms with van der Waals surface area (Å²) in [5.74, 6) is -2.51. The molecule has 0 spiro atoms. The van der Waals surface area contributed by atoms with Gasteiger partial charge in [-0.05, 0) is 42.5 Å². The lowest BCUT2D eigenvalue weighted by Crippen LogP contribution is -2.24. The molecule has 1 aromatic carbocycles. The molecule has 0 amide bonds. The number of anilines is 1. The third kappa shape index (κ3) is 5.21. The maximum atomic E-state index is 9.55. The first-order valence-corrected chi connectivity index (χ1v) is 8.43. The van der Waals surface area contributed by atoms with Crippen LogP contribution in [0, 0.1) is 0 Å². The molecule has 2 heterocycles. The summed E-state index contributed by atoms with van der Waals surface area (Å²) in [6.07, 6.45) is 6.74. The molecule has 3 rings (SSSR count). The molecule has 0 radical (unpaired) electrons. The number of fused-ring (bicyclic) bond motifs is 1. The Balaban J connectivity index is 0.000000300. The van der Waals surface area contributed by atoms with E-state index in [0.29, 0.717) is 17.2 Å². The van der Waals surface area contributed by atoms with E-state index in [1.807, 2.05) is 60.4 Å². The van der Waals surface area contributed by atoms with Gasteiger partial charge in [0, 0.05) is 42.0 Å². The maximum absolute atomic E-state index is 9.55. The largest absolute Gasteiger partial charge is 0.478 e. The van der Waals surface area contributed by atoms with E-state index >= 15 is 0 Å². The molecule has 7 nitrogen and oxygen atoms in total. The van der Waals surface area contributed by atoms with E-state index in [2.05, 4.69) is 16.6 Å². The molecular formula is C20H18ClN3O4. The molecule has 0 fully saturated rings. The van der Waals surface area contributed by atoms with Crippen molar-refractivity contribution >= 4 is 46.2 Å². The quantitative estimate of drug-likeness (QED) is 0.631. The minimum Gasteiger partial charge on any atom is -0.478 e. The molecule has 0 saturated carbocycles. The Bertz CT molecular complexity index is 1030. The van der Waals surface area contributed by atoms with Crippen LogP contribution in [-0.2, 0) is 9.59 Å². The van der Waals surface area contributed by atoms with E-state index in [-0.39, 0.29) is 0 Å². The number of benzene rings is 1. The lowest BCUT2D eigenvalue weighted by atomic mass is 10.2. The number of rotatable bonds is 5. The van der Waals surface area contributed by atoms with Crippen molar-refractivity contribution in [3.63, 3.8) is 0 Å². The zero-order valence-corrected chi connectivity index (χ0v) is 15.7. The van der Waals surface area contributed by atoms with Crippen molar-refractivity contribution in [3.05, 3.63) is 78.2 Å². The molecule has 0 bridgehead atoms. The fourth-order valence-electron chi connectivity index (χ4n) is 2.47. The van der Waals surface area contributed by atoms with Gasteiger partial charge in [0.1, 0.15) is 0 Å². The van der Waals surface area contributed by atoms with Gasteiger partial charge in [-0.2, -0.15) is 0 Å². The smallest absolute Gasteiger partial charge is 0.328 e. The number of aromatic nitrogens is 2. The van der Waals surface area contributed by atoms with Gasteiger partial charge in [-0.25, -0.2) is 9.59 Å². The van der Waals surface area contributed by atoms with Gasteiger partial charge < -0.3 is 10.2 Å². The topological polar surface area (TPSA) is 95.7 Å². The first-order valence-electron chi connectivity index (χ1n) is 8.05. The number of hydrogen-bond acceptors (Lipinski definition) is 4. The van der Waals surface area contributed by atoms with E-state index in [4.69, 9.17) is 21.8 Å². The maximum Gasteiger partial charge on any atom is 0.328 e. The summed E-state index contributed by atoms with van der Waals surface area (Å²) >= 11 is 6.03. The van der Waals surface area contributed by atoms with Crippen molar-refractivity contribution in [2.45, 2.75) is 0 Å². The standard InChI is InChI=1S/C16H14ClN3.C4H4O4/c1-3-13-5-4-10-20(13)19(2)16-8-9-18-15-11-12(17)6-7-14(15)16;5-3(6)1-2-4(7)8/h3-11H,1H2,2H3;1-2H,(H,5,6)(H,7,8)/b;2-1-. The van der Waals surface area contributed by atoms with Crippen LogP contribution in [-0.4, -0.2) is 38.9 Å². The predicted molar refractivity (Wildman–Crippen MR) is 109 cm³/mol. The summed E-state index contributed by atoms with van der Waals surface area (Å²) in [7, 11) is 2.01. The third-order valence-corrected chi connectivity index (χ3v) is 3.93.